The Balaban J connectivity index is 1.43. The summed E-state index contributed by atoms with van der Waals surface area (Å²) in [6.07, 6.45) is 0. The number of methoxy groups -OCH3 is 2. The lowest BCUT2D eigenvalue weighted by molar-refractivity contribution is 0.0535. The number of hydrogen-bond acceptors (Lipinski definition) is 4. The first-order chi connectivity index (χ1) is 19.3. The van der Waals surface area contributed by atoms with Gasteiger partial charge in [-0.25, -0.2) is 8.78 Å². The number of ether oxygens (including phenoxy) is 2. The van der Waals surface area contributed by atoms with Crippen LogP contribution in [0.4, 0.5) is 8.78 Å². The molecular weight excluding hydrogens is 516 g/mol. The van der Waals surface area contributed by atoms with Gasteiger partial charge >= 0.3 is 0 Å². The van der Waals surface area contributed by atoms with Gasteiger partial charge < -0.3 is 23.8 Å². The average molecular weight is 546 g/mol. The topological polar surface area (TPSA) is 64.0 Å². The molecule has 0 atom stereocenters. The van der Waals surface area contributed by atoms with Crippen molar-refractivity contribution < 1.29 is 27.8 Å². The Bertz CT molecular complexity index is 1560. The van der Waals surface area contributed by atoms with E-state index in [1.165, 1.54) is 12.1 Å². The molecule has 1 saturated heterocycles. The highest BCUT2D eigenvalue weighted by Gasteiger charge is 2.29. The predicted octanol–water partition coefficient (Wildman–Crippen LogP) is 5.35. The minimum absolute atomic E-state index is 0.123. The zero-order valence-electron chi connectivity index (χ0n) is 22.5. The Hall–Kier alpha value is -4.66. The summed E-state index contributed by atoms with van der Waals surface area (Å²) in [5, 5.41) is 0. The second-order valence-electron chi connectivity index (χ2n) is 9.50. The van der Waals surface area contributed by atoms with Crippen molar-refractivity contribution in [2.75, 3.05) is 40.4 Å². The molecule has 40 heavy (non-hydrogen) atoms. The number of amides is 2. The van der Waals surface area contributed by atoms with E-state index in [0.29, 0.717) is 60.2 Å². The van der Waals surface area contributed by atoms with Crippen molar-refractivity contribution in [2.24, 2.45) is 0 Å². The molecule has 7 nitrogen and oxygen atoms in total. The minimum atomic E-state index is -0.739. The summed E-state index contributed by atoms with van der Waals surface area (Å²) in [4.78, 5) is 30.2. The predicted molar refractivity (Wildman–Crippen MR) is 147 cm³/mol. The summed E-state index contributed by atoms with van der Waals surface area (Å²) in [5.41, 5.74) is 2.91. The molecule has 2 amide bonds. The van der Waals surface area contributed by atoms with Crippen molar-refractivity contribution in [3.8, 4) is 28.4 Å². The molecule has 0 aliphatic carbocycles. The Morgan fingerprint density at radius 3 is 2.02 bits per heavy atom. The first-order valence-corrected chi connectivity index (χ1v) is 12.9. The Morgan fingerprint density at radius 1 is 0.750 bits per heavy atom. The summed E-state index contributed by atoms with van der Waals surface area (Å²) in [5.74, 6) is -0.509. The molecule has 9 heteroatoms. The molecule has 0 unspecified atom stereocenters. The average Bonchev–Trinajstić information content (AvgIpc) is 3.33. The summed E-state index contributed by atoms with van der Waals surface area (Å²) < 4.78 is 40.8. The number of nitrogens with zero attached hydrogens (tertiary/aromatic N) is 3. The van der Waals surface area contributed by atoms with Crippen molar-refractivity contribution >= 4 is 11.8 Å². The second kappa shape index (κ2) is 11.2. The van der Waals surface area contributed by atoms with Crippen LogP contribution in [0, 0.1) is 18.6 Å². The van der Waals surface area contributed by atoms with Gasteiger partial charge in [-0.15, -0.1) is 0 Å². The third-order valence-corrected chi connectivity index (χ3v) is 7.18. The van der Waals surface area contributed by atoms with Crippen molar-refractivity contribution in [3.63, 3.8) is 0 Å². The maximum atomic E-state index is 15.0. The third kappa shape index (κ3) is 5.14. The first-order valence-electron chi connectivity index (χ1n) is 12.9. The van der Waals surface area contributed by atoms with Gasteiger partial charge in [0, 0.05) is 43.5 Å². The zero-order valence-corrected chi connectivity index (χ0v) is 22.5. The molecule has 0 saturated carbocycles. The molecular formula is C31H29F2N3O4. The van der Waals surface area contributed by atoms with Crippen molar-refractivity contribution in [2.45, 2.75) is 6.92 Å². The van der Waals surface area contributed by atoms with Crippen LogP contribution in [0.3, 0.4) is 0 Å². The number of halogens is 2. The third-order valence-electron chi connectivity index (χ3n) is 7.18. The van der Waals surface area contributed by atoms with Gasteiger partial charge in [-0.3, -0.25) is 9.59 Å². The van der Waals surface area contributed by atoms with E-state index in [9.17, 15) is 18.4 Å². The van der Waals surface area contributed by atoms with Crippen LogP contribution in [0.2, 0.25) is 0 Å². The summed E-state index contributed by atoms with van der Waals surface area (Å²) in [6.45, 7) is 3.19. The molecule has 2 heterocycles. The number of carbonyl (C=O) groups is 2. The molecule has 1 aliphatic rings. The van der Waals surface area contributed by atoms with Crippen molar-refractivity contribution in [1.29, 1.82) is 0 Å². The van der Waals surface area contributed by atoms with Gasteiger partial charge in [0.05, 0.1) is 31.2 Å². The van der Waals surface area contributed by atoms with Gasteiger partial charge in [-0.05, 0) is 73.2 Å². The number of carbonyl (C=O) groups excluding carboxylic acids is 2. The van der Waals surface area contributed by atoms with E-state index in [4.69, 9.17) is 9.47 Å². The van der Waals surface area contributed by atoms with Gasteiger partial charge in [-0.1, -0.05) is 6.07 Å². The molecule has 0 bridgehead atoms. The number of hydrogen-bond donors (Lipinski definition) is 0. The lowest BCUT2D eigenvalue weighted by atomic mass is 10.1. The van der Waals surface area contributed by atoms with Gasteiger partial charge in [0.2, 0.25) is 0 Å². The molecule has 206 valence electrons. The molecule has 0 spiro atoms. The minimum Gasteiger partial charge on any atom is -0.497 e. The van der Waals surface area contributed by atoms with Gasteiger partial charge in [0.15, 0.2) is 0 Å². The van der Waals surface area contributed by atoms with E-state index < -0.39 is 11.6 Å². The number of benzene rings is 3. The van der Waals surface area contributed by atoms with E-state index in [2.05, 4.69) is 0 Å². The molecule has 3 aromatic carbocycles. The van der Waals surface area contributed by atoms with Crippen molar-refractivity contribution in [3.05, 3.63) is 101 Å². The highest BCUT2D eigenvalue weighted by atomic mass is 19.1. The summed E-state index contributed by atoms with van der Waals surface area (Å²) in [6, 6.07) is 19.3. The molecule has 4 aromatic rings. The monoisotopic (exact) mass is 545 g/mol. The van der Waals surface area contributed by atoms with Crippen molar-refractivity contribution in [1.82, 2.24) is 14.4 Å². The summed E-state index contributed by atoms with van der Waals surface area (Å²) >= 11 is 0. The van der Waals surface area contributed by atoms with Crippen LogP contribution in [0.15, 0.2) is 72.8 Å². The van der Waals surface area contributed by atoms with E-state index in [0.717, 1.165) is 11.6 Å². The Morgan fingerprint density at radius 2 is 1.40 bits per heavy atom. The van der Waals surface area contributed by atoms with E-state index in [1.807, 2.05) is 12.1 Å². The van der Waals surface area contributed by atoms with Gasteiger partial charge in [0.1, 0.15) is 23.1 Å². The highest BCUT2D eigenvalue weighted by molar-refractivity contribution is 5.98. The maximum absolute atomic E-state index is 15.0. The standard InChI is InChI=1S/C31H29F2N3O4/c1-20-26(31(38)35-15-13-34(14-16-35)30(37)22-5-4-6-25(17-22)40-3)19-29(21-7-10-24(39-2)11-8-21)36(20)28-12-9-23(32)18-27(28)33/h4-12,17-19H,13-16H2,1-3H3. The van der Waals surface area contributed by atoms with Crippen LogP contribution >= 0.6 is 0 Å². The van der Waals surface area contributed by atoms with Crippen LogP contribution in [-0.4, -0.2) is 66.6 Å². The normalized spacial score (nSPS) is 13.3. The van der Waals surface area contributed by atoms with Crippen LogP contribution in [-0.2, 0) is 0 Å². The quantitative estimate of drug-likeness (QED) is 0.328. The fourth-order valence-electron chi connectivity index (χ4n) is 4.99. The Labute approximate surface area is 231 Å². The van der Waals surface area contributed by atoms with Crippen LogP contribution in [0.1, 0.15) is 26.4 Å². The van der Waals surface area contributed by atoms with E-state index in [1.54, 1.807) is 78.0 Å². The Kier molecular flexibility index (Phi) is 7.55. The smallest absolute Gasteiger partial charge is 0.255 e. The molecule has 0 N–H and O–H groups in total. The van der Waals surface area contributed by atoms with Gasteiger partial charge in [0.25, 0.3) is 11.8 Å². The maximum Gasteiger partial charge on any atom is 0.255 e. The molecule has 0 radical (unpaired) electrons. The lowest BCUT2D eigenvalue weighted by Crippen LogP contribution is -2.50. The largest absolute Gasteiger partial charge is 0.497 e. The molecule has 1 aliphatic heterocycles. The number of aromatic nitrogens is 1. The second-order valence-corrected chi connectivity index (χ2v) is 9.50. The van der Waals surface area contributed by atoms with E-state index >= 15 is 0 Å². The van der Waals surface area contributed by atoms with E-state index in [-0.39, 0.29) is 17.5 Å². The molecule has 5 rings (SSSR count). The van der Waals surface area contributed by atoms with Crippen LogP contribution < -0.4 is 9.47 Å². The molecule has 1 fully saturated rings. The number of piperazine rings is 1. The van der Waals surface area contributed by atoms with Gasteiger partial charge in [-0.2, -0.15) is 0 Å². The van der Waals surface area contributed by atoms with Crippen LogP contribution in [0.5, 0.6) is 11.5 Å². The SMILES string of the molecule is COc1ccc(-c2cc(C(=O)N3CCN(C(=O)c4cccc(OC)c4)CC3)c(C)n2-c2ccc(F)cc2F)cc1. The number of rotatable bonds is 6. The van der Waals surface area contributed by atoms with Crippen LogP contribution in [0.25, 0.3) is 16.9 Å². The first kappa shape index (κ1) is 26.9. The summed E-state index contributed by atoms with van der Waals surface area (Å²) in [7, 11) is 3.12. The highest BCUT2D eigenvalue weighted by Crippen LogP contribution is 2.32. The molecule has 1 aromatic heterocycles. The zero-order chi connectivity index (χ0) is 28.4. The fourth-order valence-corrected chi connectivity index (χ4v) is 4.99. The fraction of sp³-hybridized carbons (Fsp3) is 0.226. The lowest BCUT2D eigenvalue weighted by Gasteiger charge is -2.35.